The number of allylic oxidation sites excluding steroid dienone is 1. The first-order valence-electron chi connectivity index (χ1n) is 9.89. The van der Waals surface area contributed by atoms with Crippen LogP contribution in [0.1, 0.15) is 35.6 Å². The highest BCUT2D eigenvalue weighted by Gasteiger charge is 2.14. The average Bonchev–Trinajstić information content (AvgIpc) is 3.25. The summed E-state index contributed by atoms with van der Waals surface area (Å²) in [5, 5.41) is 17.1. The lowest BCUT2D eigenvalue weighted by Gasteiger charge is -2.16. The number of aromatic amines is 1. The number of carbonyl (C=O) groups is 1. The van der Waals surface area contributed by atoms with E-state index in [2.05, 4.69) is 59.6 Å². The molecule has 4 rings (SSSR count). The maximum absolute atomic E-state index is 10.8. The smallest absolute Gasteiger partial charge is 0.328 e. The van der Waals surface area contributed by atoms with Gasteiger partial charge in [-0.2, -0.15) is 5.10 Å². The molecule has 4 aromatic rings. The van der Waals surface area contributed by atoms with Gasteiger partial charge in [0.2, 0.25) is 0 Å². The minimum absolute atomic E-state index is 0.849. The van der Waals surface area contributed by atoms with Crippen molar-refractivity contribution in [3.63, 3.8) is 0 Å². The molecular weight excluding hydrogens is 372 g/mol. The van der Waals surface area contributed by atoms with Crippen molar-refractivity contribution < 1.29 is 9.90 Å². The van der Waals surface area contributed by atoms with E-state index in [-0.39, 0.29) is 0 Å². The largest absolute Gasteiger partial charge is 0.478 e. The first-order valence-corrected chi connectivity index (χ1v) is 9.89. The molecule has 0 saturated heterocycles. The van der Waals surface area contributed by atoms with Gasteiger partial charge in [0.15, 0.2) is 0 Å². The van der Waals surface area contributed by atoms with Crippen LogP contribution in [0.3, 0.4) is 0 Å². The van der Waals surface area contributed by atoms with Gasteiger partial charge < -0.3 is 5.11 Å². The van der Waals surface area contributed by atoms with E-state index in [4.69, 9.17) is 5.11 Å². The van der Waals surface area contributed by atoms with Crippen molar-refractivity contribution in [2.75, 3.05) is 0 Å². The van der Waals surface area contributed by atoms with Crippen LogP contribution in [0.25, 0.3) is 28.1 Å². The first-order chi connectivity index (χ1) is 14.7. The normalized spacial score (nSPS) is 12.3. The van der Waals surface area contributed by atoms with E-state index in [1.807, 2.05) is 36.5 Å². The van der Waals surface area contributed by atoms with Crippen molar-refractivity contribution in [2.45, 2.75) is 13.3 Å². The predicted molar refractivity (Wildman–Crippen MR) is 122 cm³/mol. The Balaban J connectivity index is 1.89. The highest BCUT2D eigenvalue weighted by atomic mass is 16.4. The monoisotopic (exact) mass is 394 g/mol. The van der Waals surface area contributed by atoms with Crippen LogP contribution in [0, 0.1) is 0 Å². The molecule has 30 heavy (non-hydrogen) atoms. The highest BCUT2D eigenvalue weighted by molar-refractivity contribution is 6.00. The molecule has 1 aromatic heterocycles. The molecule has 2 N–H and O–H groups in total. The summed E-state index contributed by atoms with van der Waals surface area (Å²) in [4.78, 5) is 10.8. The predicted octanol–water partition coefficient (Wildman–Crippen LogP) is 6.03. The second-order valence-electron chi connectivity index (χ2n) is 7.04. The van der Waals surface area contributed by atoms with E-state index in [9.17, 15) is 4.79 Å². The van der Waals surface area contributed by atoms with Gasteiger partial charge in [0.05, 0.1) is 11.7 Å². The summed E-state index contributed by atoms with van der Waals surface area (Å²) >= 11 is 0. The molecule has 0 amide bonds. The van der Waals surface area contributed by atoms with Gasteiger partial charge in [0.25, 0.3) is 0 Å². The third kappa shape index (κ3) is 4.08. The number of carboxylic acid groups (broad SMARTS) is 1. The van der Waals surface area contributed by atoms with Gasteiger partial charge in [-0.1, -0.05) is 73.7 Å². The maximum atomic E-state index is 10.8. The fourth-order valence-electron chi connectivity index (χ4n) is 3.70. The molecule has 0 radical (unpaired) electrons. The topological polar surface area (TPSA) is 66.0 Å². The maximum Gasteiger partial charge on any atom is 0.328 e. The fourth-order valence-corrected chi connectivity index (χ4v) is 3.70. The quantitative estimate of drug-likeness (QED) is 0.310. The van der Waals surface area contributed by atoms with E-state index in [0.717, 1.165) is 45.7 Å². The lowest BCUT2D eigenvalue weighted by molar-refractivity contribution is -0.131. The average molecular weight is 394 g/mol. The molecule has 0 aliphatic heterocycles. The molecule has 0 aliphatic carbocycles. The Bertz CT molecular complexity index is 1230. The molecule has 0 atom stereocenters. The number of hydrogen-bond donors (Lipinski definition) is 2. The van der Waals surface area contributed by atoms with Crippen molar-refractivity contribution in [2.24, 2.45) is 0 Å². The second-order valence-corrected chi connectivity index (χ2v) is 7.04. The zero-order chi connectivity index (χ0) is 20.9. The number of aromatic nitrogens is 2. The van der Waals surface area contributed by atoms with Crippen LogP contribution in [0.2, 0.25) is 0 Å². The van der Waals surface area contributed by atoms with Gasteiger partial charge in [-0.15, -0.1) is 0 Å². The van der Waals surface area contributed by atoms with Crippen molar-refractivity contribution in [1.29, 1.82) is 0 Å². The number of rotatable bonds is 6. The van der Waals surface area contributed by atoms with Crippen LogP contribution >= 0.6 is 0 Å². The molecule has 0 saturated carbocycles. The molecule has 4 heteroatoms. The Labute approximate surface area is 175 Å². The molecule has 148 valence electrons. The molecule has 3 aromatic carbocycles. The molecule has 4 nitrogen and oxygen atoms in total. The Morgan fingerprint density at radius 2 is 1.70 bits per heavy atom. The number of nitrogens with zero attached hydrogens (tertiary/aromatic N) is 1. The Hall–Kier alpha value is -3.92. The van der Waals surface area contributed by atoms with E-state index in [1.165, 1.54) is 11.1 Å². The standard InChI is InChI=1S/C26H22N2O2/c1-2-23(19-6-4-3-5-7-19)26(21-13-14-22-17-27-28-24(22)16-21)20-11-8-18(9-12-20)10-15-25(29)30/h3-17H,2H2,1H3,(H,27,28)(H,29,30)/b15-10+,26-23+. The van der Waals surface area contributed by atoms with Crippen LogP contribution in [0.5, 0.6) is 0 Å². The number of fused-ring (bicyclic) bond motifs is 1. The summed E-state index contributed by atoms with van der Waals surface area (Å²) in [6.45, 7) is 2.17. The summed E-state index contributed by atoms with van der Waals surface area (Å²) < 4.78 is 0. The van der Waals surface area contributed by atoms with Crippen LogP contribution in [0.15, 0.2) is 85.1 Å². The Morgan fingerprint density at radius 1 is 0.967 bits per heavy atom. The number of H-pyrrole nitrogens is 1. The second kappa shape index (κ2) is 8.62. The lowest BCUT2D eigenvalue weighted by Crippen LogP contribution is -1.95. The van der Waals surface area contributed by atoms with E-state index < -0.39 is 5.97 Å². The number of hydrogen-bond acceptors (Lipinski definition) is 2. The van der Waals surface area contributed by atoms with Crippen molar-refractivity contribution in [3.8, 4) is 0 Å². The summed E-state index contributed by atoms with van der Waals surface area (Å²) in [7, 11) is 0. The van der Waals surface area contributed by atoms with Crippen LogP contribution in [-0.4, -0.2) is 21.3 Å². The molecule has 0 bridgehead atoms. The van der Waals surface area contributed by atoms with E-state index in [1.54, 1.807) is 6.08 Å². The van der Waals surface area contributed by atoms with Crippen LogP contribution in [0.4, 0.5) is 0 Å². The third-order valence-corrected chi connectivity index (χ3v) is 5.13. The highest BCUT2D eigenvalue weighted by Crippen LogP contribution is 2.35. The summed E-state index contributed by atoms with van der Waals surface area (Å²) in [6, 6.07) is 24.7. The molecule has 0 fully saturated rings. The zero-order valence-electron chi connectivity index (χ0n) is 16.7. The minimum Gasteiger partial charge on any atom is -0.478 e. The molecule has 0 unspecified atom stereocenters. The van der Waals surface area contributed by atoms with E-state index in [0.29, 0.717) is 0 Å². The zero-order valence-corrected chi connectivity index (χ0v) is 16.7. The summed E-state index contributed by atoms with van der Waals surface area (Å²) in [5.74, 6) is -0.954. The van der Waals surface area contributed by atoms with Crippen molar-refractivity contribution in [1.82, 2.24) is 10.2 Å². The molecule has 0 aliphatic rings. The van der Waals surface area contributed by atoms with Crippen molar-refractivity contribution in [3.05, 3.63) is 107 Å². The minimum atomic E-state index is -0.954. The number of nitrogens with one attached hydrogen (secondary N) is 1. The van der Waals surface area contributed by atoms with Gasteiger partial charge >= 0.3 is 5.97 Å². The Kier molecular flexibility index (Phi) is 5.57. The van der Waals surface area contributed by atoms with E-state index >= 15 is 0 Å². The van der Waals surface area contributed by atoms with Gasteiger partial charge in [-0.3, -0.25) is 5.10 Å². The first kappa shape index (κ1) is 19.4. The van der Waals surface area contributed by atoms with Crippen LogP contribution in [-0.2, 0) is 4.79 Å². The molecule has 0 spiro atoms. The fraction of sp³-hybridized carbons (Fsp3) is 0.0769. The molecular formula is C26H22N2O2. The third-order valence-electron chi connectivity index (χ3n) is 5.13. The van der Waals surface area contributed by atoms with Gasteiger partial charge in [0, 0.05) is 11.5 Å². The van der Waals surface area contributed by atoms with Crippen molar-refractivity contribution >= 4 is 34.1 Å². The van der Waals surface area contributed by atoms with Gasteiger partial charge in [0.1, 0.15) is 0 Å². The molecule has 1 heterocycles. The summed E-state index contributed by atoms with van der Waals surface area (Å²) in [6.07, 6.45) is 5.45. The Morgan fingerprint density at radius 3 is 2.40 bits per heavy atom. The number of benzene rings is 3. The number of carboxylic acids is 1. The van der Waals surface area contributed by atoms with Gasteiger partial charge in [-0.05, 0) is 52.0 Å². The summed E-state index contributed by atoms with van der Waals surface area (Å²) in [5.41, 5.74) is 7.65. The SMILES string of the molecule is CC/C(=C(/c1ccc(/C=C/C(=O)O)cc1)c1ccc2cn[nH]c2c1)c1ccccc1. The van der Waals surface area contributed by atoms with Gasteiger partial charge in [-0.25, -0.2) is 4.79 Å². The van der Waals surface area contributed by atoms with Crippen LogP contribution < -0.4 is 0 Å². The number of aliphatic carboxylic acids is 1. The lowest BCUT2D eigenvalue weighted by atomic mass is 9.87.